The van der Waals surface area contributed by atoms with Crippen molar-refractivity contribution in [1.82, 2.24) is 10.2 Å². The van der Waals surface area contributed by atoms with Gasteiger partial charge in [-0.15, -0.1) is 0 Å². The summed E-state index contributed by atoms with van der Waals surface area (Å²) in [6.45, 7) is 16.8. The van der Waals surface area contributed by atoms with Gasteiger partial charge in [-0.2, -0.15) is 0 Å². The van der Waals surface area contributed by atoms with E-state index in [1.54, 1.807) is 0 Å². The molecule has 1 N–H and O–H groups in total. The fraction of sp³-hybridized carbons (Fsp3) is 0.714. The lowest BCUT2D eigenvalue weighted by molar-refractivity contribution is 0.247. The minimum atomic E-state index is 0.122. The van der Waals surface area contributed by atoms with E-state index >= 15 is 0 Å². The molecule has 136 valence electrons. The van der Waals surface area contributed by atoms with Gasteiger partial charge in [0.2, 0.25) is 0 Å². The number of rotatable bonds is 6. The Morgan fingerprint density at radius 2 is 2.04 bits per heavy atom. The van der Waals surface area contributed by atoms with E-state index in [1.165, 1.54) is 43.6 Å². The van der Waals surface area contributed by atoms with Crippen LogP contribution in [-0.2, 0) is 5.41 Å². The maximum absolute atomic E-state index is 6.12. The van der Waals surface area contributed by atoms with Crippen molar-refractivity contribution in [2.75, 3.05) is 32.8 Å². The van der Waals surface area contributed by atoms with Gasteiger partial charge in [0, 0.05) is 12.6 Å². The Balaban J connectivity index is 1.76. The summed E-state index contributed by atoms with van der Waals surface area (Å²) in [7, 11) is 0. The minimum Gasteiger partial charge on any atom is -0.493 e. The van der Waals surface area contributed by atoms with Crippen LogP contribution in [0.15, 0.2) is 18.2 Å². The van der Waals surface area contributed by atoms with E-state index in [2.05, 4.69) is 63.0 Å². The molecule has 2 rings (SSSR count). The molecule has 0 aromatic heterocycles. The third-order valence-corrected chi connectivity index (χ3v) is 4.75. The summed E-state index contributed by atoms with van der Waals surface area (Å²) in [6, 6.07) is 7.17. The summed E-state index contributed by atoms with van der Waals surface area (Å²) in [5.74, 6) is 1.06. The van der Waals surface area contributed by atoms with E-state index < -0.39 is 0 Å². The Hall–Kier alpha value is -1.06. The molecule has 3 nitrogen and oxygen atoms in total. The normalized spacial score (nSPS) is 20.0. The molecule has 1 atom stereocenters. The van der Waals surface area contributed by atoms with Gasteiger partial charge in [0.05, 0.1) is 6.61 Å². The average molecular weight is 333 g/mol. The van der Waals surface area contributed by atoms with Gasteiger partial charge in [-0.3, -0.25) is 0 Å². The van der Waals surface area contributed by atoms with E-state index in [4.69, 9.17) is 4.74 Å². The topological polar surface area (TPSA) is 24.5 Å². The Morgan fingerprint density at radius 3 is 2.79 bits per heavy atom. The van der Waals surface area contributed by atoms with E-state index in [-0.39, 0.29) is 5.41 Å². The summed E-state index contributed by atoms with van der Waals surface area (Å²) < 4.78 is 6.12. The number of hydrogen-bond acceptors (Lipinski definition) is 3. The Morgan fingerprint density at radius 1 is 1.25 bits per heavy atom. The highest BCUT2D eigenvalue weighted by atomic mass is 16.5. The lowest BCUT2D eigenvalue weighted by Crippen LogP contribution is -2.35. The molecule has 1 fully saturated rings. The number of hydrogen-bond donors (Lipinski definition) is 1. The lowest BCUT2D eigenvalue weighted by Gasteiger charge is -2.24. The monoisotopic (exact) mass is 332 g/mol. The average Bonchev–Trinajstić information content (AvgIpc) is 2.71. The van der Waals surface area contributed by atoms with Crippen LogP contribution in [0.3, 0.4) is 0 Å². The number of unbranched alkanes of at least 4 members (excludes halogenated alkanes) is 1. The highest BCUT2D eigenvalue weighted by Gasteiger charge is 2.19. The summed E-state index contributed by atoms with van der Waals surface area (Å²) in [6.07, 6.45) is 3.60. The number of nitrogens with zero attached hydrogens (tertiary/aromatic N) is 1. The lowest BCUT2D eigenvalue weighted by atomic mass is 9.85. The molecule has 0 aliphatic carbocycles. The molecule has 0 bridgehead atoms. The standard InChI is InChI=1S/C21H36N2O/c1-17-9-10-20(19(15-17)21(3,4)5)24-14-7-6-12-23-13-8-11-22-18(2)16-23/h9-10,15,18,22H,6-8,11-14,16H2,1-5H3/t18-/m0/s1. The summed E-state index contributed by atoms with van der Waals surface area (Å²) in [4.78, 5) is 2.59. The first-order valence-electron chi connectivity index (χ1n) is 9.56. The third kappa shape index (κ3) is 6.10. The van der Waals surface area contributed by atoms with Crippen LogP contribution in [0.25, 0.3) is 0 Å². The zero-order valence-electron chi connectivity index (χ0n) is 16.3. The van der Waals surface area contributed by atoms with Crippen molar-refractivity contribution in [3.8, 4) is 5.75 Å². The predicted octanol–water partition coefficient (Wildman–Crippen LogP) is 4.14. The minimum absolute atomic E-state index is 0.122. The second kappa shape index (κ2) is 8.87. The first-order chi connectivity index (χ1) is 11.4. The van der Waals surface area contributed by atoms with Crippen molar-refractivity contribution in [3.63, 3.8) is 0 Å². The highest BCUT2D eigenvalue weighted by Crippen LogP contribution is 2.32. The molecule has 1 aliphatic rings. The van der Waals surface area contributed by atoms with Crippen LogP contribution >= 0.6 is 0 Å². The molecule has 0 radical (unpaired) electrons. The van der Waals surface area contributed by atoms with Gasteiger partial charge in [0.25, 0.3) is 0 Å². The number of benzene rings is 1. The van der Waals surface area contributed by atoms with E-state index in [0.29, 0.717) is 6.04 Å². The molecule has 0 saturated carbocycles. The van der Waals surface area contributed by atoms with Gasteiger partial charge in [-0.1, -0.05) is 38.5 Å². The quantitative estimate of drug-likeness (QED) is 0.793. The Labute approximate surface area is 148 Å². The molecular weight excluding hydrogens is 296 g/mol. The van der Waals surface area contributed by atoms with E-state index in [1.807, 2.05) is 0 Å². The van der Waals surface area contributed by atoms with Crippen molar-refractivity contribution in [3.05, 3.63) is 29.3 Å². The van der Waals surface area contributed by atoms with Gasteiger partial charge < -0.3 is 15.0 Å². The zero-order valence-corrected chi connectivity index (χ0v) is 16.3. The van der Waals surface area contributed by atoms with Crippen LogP contribution in [0.4, 0.5) is 0 Å². The van der Waals surface area contributed by atoms with Gasteiger partial charge in [-0.05, 0) is 69.8 Å². The van der Waals surface area contributed by atoms with Crippen molar-refractivity contribution >= 4 is 0 Å². The number of nitrogens with one attached hydrogen (secondary N) is 1. The van der Waals surface area contributed by atoms with Crippen molar-refractivity contribution in [2.24, 2.45) is 0 Å². The second-order valence-corrected chi connectivity index (χ2v) is 8.31. The fourth-order valence-electron chi connectivity index (χ4n) is 3.37. The van der Waals surface area contributed by atoms with Crippen LogP contribution in [-0.4, -0.2) is 43.7 Å². The SMILES string of the molecule is Cc1ccc(OCCCCN2CCCN[C@@H](C)C2)c(C(C)(C)C)c1. The van der Waals surface area contributed by atoms with Crippen LogP contribution in [0.1, 0.15) is 58.1 Å². The third-order valence-electron chi connectivity index (χ3n) is 4.75. The molecule has 1 aliphatic heterocycles. The smallest absolute Gasteiger partial charge is 0.123 e. The molecule has 1 aromatic rings. The largest absolute Gasteiger partial charge is 0.493 e. The van der Waals surface area contributed by atoms with Crippen LogP contribution < -0.4 is 10.1 Å². The van der Waals surface area contributed by atoms with Gasteiger partial charge in [0.1, 0.15) is 5.75 Å². The van der Waals surface area contributed by atoms with Crippen LogP contribution in [0.5, 0.6) is 5.75 Å². The first kappa shape index (κ1) is 19.3. The molecule has 1 saturated heterocycles. The van der Waals surface area contributed by atoms with E-state index in [9.17, 15) is 0 Å². The predicted molar refractivity (Wildman–Crippen MR) is 103 cm³/mol. The number of aryl methyl sites for hydroxylation is 1. The molecule has 24 heavy (non-hydrogen) atoms. The molecule has 0 amide bonds. The molecule has 3 heteroatoms. The molecule has 1 aromatic carbocycles. The van der Waals surface area contributed by atoms with Gasteiger partial charge >= 0.3 is 0 Å². The maximum Gasteiger partial charge on any atom is 0.123 e. The van der Waals surface area contributed by atoms with Crippen molar-refractivity contribution in [1.29, 1.82) is 0 Å². The second-order valence-electron chi connectivity index (χ2n) is 8.31. The Bertz CT molecular complexity index is 507. The zero-order chi connectivity index (χ0) is 17.6. The van der Waals surface area contributed by atoms with Crippen LogP contribution in [0.2, 0.25) is 0 Å². The van der Waals surface area contributed by atoms with Crippen molar-refractivity contribution < 1.29 is 4.74 Å². The van der Waals surface area contributed by atoms with E-state index in [0.717, 1.165) is 25.3 Å². The molecule has 1 heterocycles. The molecular formula is C21H36N2O. The first-order valence-corrected chi connectivity index (χ1v) is 9.56. The summed E-state index contributed by atoms with van der Waals surface area (Å²) in [5, 5.41) is 3.56. The molecule has 0 spiro atoms. The fourth-order valence-corrected chi connectivity index (χ4v) is 3.37. The van der Waals surface area contributed by atoms with Crippen molar-refractivity contribution in [2.45, 2.75) is 65.3 Å². The van der Waals surface area contributed by atoms with Gasteiger partial charge in [-0.25, -0.2) is 0 Å². The number of ether oxygens (including phenoxy) is 1. The summed E-state index contributed by atoms with van der Waals surface area (Å²) >= 11 is 0. The Kier molecular flexibility index (Phi) is 7.12. The maximum atomic E-state index is 6.12. The molecule has 0 unspecified atom stereocenters. The van der Waals surface area contributed by atoms with Gasteiger partial charge in [0.15, 0.2) is 0 Å². The van der Waals surface area contributed by atoms with Crippen LogP contribution in [0, 0.1) is 6.92 Å². The summed E-state index contributed by atoms with van der Waals surface area (Å²) in [5.41, 5.74) is 2.74. The highest BCUT2D eigenvalue weighted by molar-refractivity contribution is 5.41.